The van der Waals surface area contributed by atoms with E-state index in [-0.39, 0.29) is 23.7 Å². The van der Waals surface area contributed by atoms with E-state index < -0.39 is 0 Å². The van der Waals surface area contributed by atoms with Crippen LogP contribution in [0.4, 0.5) is 11.4 Å². The van der Waals surface area contributed by atoms with Crippen LogP contribution in [0.15, 0.2) is 34.3 Å². The third-order valence-corrected chi connectivity index (χ3v) is 3.37. The Hall–Kier alpha value is -2.57. The molecule has 0 radical (unpaired) electrons. The van der Waals surface area contributed by atoms with Crippen LogP contribution in [-0.2, 0) is 4.79 Å². The summed E-state index contributed by atoms with van der Waals surface area (Å²) < 4.78 is 0. The molecule has 0 saturated heterocycles. The van der Waals surface area contributed by atoms with E-state index in [1.54, 1.807) is 18.2 Å². The van der Waals surface area contributed by atoms with Crippen molar-refractivity contribution in [2.45, 2.75) is 25.7 Å². The Bertz CT molecular complexity index is 571. The number of aliphatic imine (C=N–C) groups is 2. The molecule has 1 aromatic carbocycles. The molecule has 0 bridgehead atoms. The number of hydrogen-bond acceptors (Lipinski definition) is 2. The summed E-state index contributed by atoms with van der Waals surface area (Å²) in [4.78, 5) is 19.9. The third kappa shape index (κ3) is 4.20. The fraction of sp³-hybridized carbons (Fsp3) is 0.357. The van der Waals surface area contributed by atoms with Gasteiger partial charge in [0.05, 0.1) is 11.4 Å². The molecule has 1 aromatic rings. The van der Waals surface area contributed by atoms with Gasteiger partial charge in [0.25, 0.3) is 0 Å². The van der Waals surface area contributed by atoms with Gasteiger partial charge in [0, 0.05) is 5.92 Å². The summed E-state index contributed by atoms with van der Waals surface area (Å²) in [6, 6.07) is 7.13. The lowest BCUT2D eigenvalue weighted by atomic mass is 10.1. The van der Waals surface area contributed by atoms with E-state index in [1.807, 2.05) is 6.07 Å². The number of nitrogens with zero attached hydrogens (tertiary/aromatic N) is 2. The van der Waals surface area contributed by atoms with Crippen molar-refractivity contribution in [3.05, 3.63) is 24.3 Å². The van der Waals surface area contributed by atoms with E-state index in [9.17, 15) is 4.79 Å². The van der Waals surface area contributed by atoms with Gasteiger partial charge in [-0.25, -0.2) is 4.99 Å². The molecule has 1 aliphatic carbocycles. The van der Waals surface area contributed by atoms with Crippen molar-refractivity contribution in [2.24, 2.45) is 33.1 Å². The molecular weight excluding hydrogens is 268 g/mol. The summed E-state index contributed by atoms with van der Waals surface area (Å²) in [5, 5.41) is 2.90. The lowest BCUT2D eigenvalue weighted by molar-refractivity contribution is -0.119. The third-order valence-electron chi connectivity index (χ3n) is 3.37. The van der Waals surface area contributed by atoms with Gasteiger partial charge < -0.3 is 22.5 Å². The first kappa shape index (κ1) is 14.8. The molecule has 0 aliphatic heterocycles. The van der Waals surface area contributed by atoms with Gasteiger partial charge in [-0.05, 0) is 25.0 Å². The number of guanidine groups is 2. The first-order valence-corrected chi connectivity index (χ1v) is 6.90. The molecule has 112 valence electrons. The van der Waals surface area contributed by atoms with Crippen molar-refractivity contribution in [2.75, 3.05) is 5.32 Å². The number of para-hydroxylation sites is 2. The van der Waals surface area contributed by atoms with E-state index in [2.05, 4.69) is 15.3 Å². The van der Waals surface area contributed by atoms with Gasteiger partial charge in [0.1, 0.15) is 0 Å². The number of carbonyl (C=O) groups is 1. The number of amides is 1. The average Bonchev–Trinajstić information content (AvgIpc) is 2.94. The van der Waals surface area contributed by atoms with Gasteiger partial charge in [-0.2, -0.15) is 4.99 Å². The van der Waals surface area contributed by atoms with E-state index >= 15 is 0 Å². The number of nitrogens with one attached hydrogen (secondary N) is 1. The highest BCUT2D eigenvalue weighted by molar-refractivity contribution is 5.98. The average molecular weight is 288 g/mol. The fourth-order valence-electron chi connectivity index (χ4n) is 2.38. The normalized spacial score (nSPS) is 15.7. The smallest absolute Gasteiger partial charge is 0.227 e. The number of nitrogens with two attached hydrogens (primary N) is 3. The van der Waals surface area contributed by atoms with Crippen LogP contribution in [0.3, 0.4) is 0 Å². The van der Waals surface area contributed by atoms with Crippen molar-refractivity contribution in [3.63, 3.8) is 0 Å². The first-order chi connectivity index (χ1) is 10.1. The topological polar surface area (TPSA) is 132 Å². The van der Waals surface area contributed by atoms with Crippen molar-refractivity contribution in [1.29, 1.82) is 0 Å². The Morgan fingerprint density at radius 3 is 2.48 bits per heavy atom. The van der Waals surface area contributed by atoms with Crippen LogP contribution < -0.4 is 22.5 Å². The van der Waals surface area contributed by atoms with Gasteiger partial charge in [-0.3, -0.25) is 4.79 Å². The zero-order chi connectivity index (χ0) is 15.2. The van der Waals surface area contributed by atoms with Crippen molar-refractivity contribution < 1.29 is 4.79 Å². The lowest BCUT2D eigenvalue weighted by Gasteiger charge is -2.12. The molecule has 2 rings (SSSR count). The van der Waals surface area contributed by atoms with Gasteiger partial charge in [-0.1, -0.05) is 25.0 Å². The molecule has 1 amide bonds. The molecule has 0 spiro atoms. The minimum Gasteiger partial charge on any atom is -0.370 e. The molecule has 0 heterocycles. The quantitative estimate of drug-likeness (QED) is 0.488. The minimum absolute atomic E-state index is 0.0237. The standard InChI is InChI=1S/C14H20N6O/c15-13(16)20-14(17)19-11-8-4-3-7-10(11)18-12(21)9-5-1-2-6-9/h3-4,7-9H,1-2,5-6H2,(H,18,21)(H6,15,16,17,19,20). The Labute approximate surface area is 123 Å². The Morgan fingerprint density at radius 2 is 1.81 bits per heavy atom. The van der Waals surface area contributed by atoms with Crippen LogP contribution in [0.5, 0.6) is 0 Å². The van der Waals surface area contributed by atoms with Gasteiger partial charge in [0.15, 0.2) is 5.96 Å². The molecule has 0 aromatic heterocycles. The zero-order valence-electron chi connectivity index (χ0n) is 11.7. The second-order valence-corrected chi connectivity index (χ2v) is 4.99. The van der Waals surface area contributed by atoms with Gasteiger partial charge in [0.2, 0.25) is 11.9 Å². The SMILES string of the molecule is NC(N)=NC(N)=Nc1ccccc1NC(=O)C1CCCC1. The highest BCUT2D eigenvalue weighted by Crippen LogP contribution is 2.29. The summed E-state index contributed by atoms with van der Waals surface area (Å²) in [7, 11) is 0. The number of benzene rings is 1. The van der Waals surface area contributed by atoms with E-state index in [0.717, 1.165) is 25.7 Å². The fourth-order valence-corrected chi connectivity index (χ4v) is 2.38. The Balaban J connectivity index is 2.16. The Kier molecular flexibility index (Phi) is 4.76. The molecule has 7 nitrogen and oxygen atoms in total. The minimum atomic E-state index is -0.163. The summed E-state index contributed by atoms with van der Waals surface area (Å²) in [6.45, 7) is 0. The summed E-state index contributed by atoms with van der Waals surface area (Å²) in [5.41, 5.74) is 17.2. The maximum atomic E-state index is 12.2. The summed E-state index contributed by atoms with van der Waals surface area (Å²) in [5.74, 6) is -0.117. The van der Waals surface area contributed by atoms with E-state index in [4.69, 9.17) is 17.2 Å². The predicted molar refractivity (Wildman–Crippen MR) is 84.1 cm³/mol. The molecule has 1 aliphatic rings. The number of hydrogen-bond donors (Lipinski definition) is 4. The van der Waals surface area contributed by atoms with Gasteiger partial charge in [-0.15, -0.1) is 0 Å². The van der Waals surface area contributed by atoms with E-state index in [0.29, 0.717) is 11.4 Å². The Morgan fingerprint density at radius 1 is 1.14 bits per heavy atom. The van der Waals surface area contributed by atoms with Crippen LogP contribution in [-0.4, -0.2) is 17.8 Å². The monoisotopic (exact) mass is 288 g/mol. The maximum absolute atomic E-state index is 12.2. The number of anilines is 1. The zero-order valence-corrected chi connectivity index (χ0v) is 11.7. The van der Waals surface area contributed by atoms with Crippen LogP contribution in [0.1, 0.15) is 25.7 Å². The van der Waals surface area contributed by atoms with Crippen LogP contribution in [0, 0.1) is 5.92 Å². The summed E-state index contributed by atoms with van der Waals surface area (Å²) >= 11 is 0. The number of carbonyl (C=O) groups excluding carboxylic acids is 1. The van der Waals surface area contributed by atoms with Crippen molar-refractivity contribution in [1.82, 2.24) is 0 Å². The highest BCUT2D eigenvalue weighted by atomic mass is 16.1. The van der Waals surface area contributed by atoms with Crippen LogP contribution >= 0.6 is 0 Å². The predicted octanol–water partition coefficient (Wildman–Crippen LogP) is 1.03. The second-order valence-electron chi connectivity index (χ2n) is 4.99. The molecule has 7 N–H and O–H groups in total. The van der Waals surface area contributed by atoms with E-state index in [1.165, 1.54) is 0 Å². The first-order valence-electron chi connectivity index (χ1n) is 6.90. The van der Waals surface area contributed by atoms with Gasteiger partial charge >= 0.3 is 0 Å². The summed E-state index contributed by atoms with van der Waals surface area (Å²) in [6.07, 6.45) is 4.09. The molecule has 21 heavy (non-hydrogen) atoms. The van der Waals surface area contributed by atoms with Crippen molar-refractivity contribution >= 4 is 29.2 Å². The molecule has 0 atom stereocenters. The molecule has 1 fully saturated rings. The molecule has 1 saturated carbocycles. The second kappa shape index (κ2) is 6.74. The maximum Gasteiger partial charge on any atom is 0.227 e. The van der Waals surface area contributed by atoms with Crippen LogP contribution in [0.25, 0.3) is 0 Å². The molecular formula is C14H20N6O. The number of rotatable bonds is 3. The molecule has 7 heteroatoms. The largest absolute Gasteiger partial charge is 0.370 e. The lowest BCUT2D eigenvalue weighted by Crippen LogP contribution is -2.26. The van der Waals surface area contributed by atoms with Crippen molar-refractivity contribution in [3.8, 4) is 0 Å². The van der Waals surface area contributed by atoms with Crippen LogP contribution in [0.2, 0.25) is 0 Å². The molecule has 0 unspecified atom stereocenters. The highest BCUT2D eigenvalue weighted by Gasteiger charge is 2.23.